The van der Waals surface area contributed by atoms with Crippen molar-refractivity contribution in [3.63, 3.8) is 0 Å². The average Bonchev–Trinajstić information content (AvgIpc) is 3.64. The topological polar surface area (TPSA) is 79.3 Å². The summed E-state index contributed by atoms with van der Waals surface area (Å²) in [5, 5.41) is 15.7. The monoisotopic (exact) mass is 505 g/mol. The summed E-state index contributed by atoms with van der Waals surface area (Å²) in [6.45, 7) is 2.68. The lowest BCUT2D eigenvalue weighted by molar-refractivity contribution is 0.210. The number of piperazine rings is 1. The van der Waals surface area contributed by atoms with Crippen molar-refractivity contribution in [1.29, 1.82) is 0 Å². The number of hydrogen-bond acceptors (Lipinski definition) is 8. The number of anilines is 1. The van der Waals surface area contributed by atoms with Crippen molar-refractivity contribution in [3.05, 3.63) is 83.2 Å². The second-order valence-electron chi connectivity index (χ2n) is 8.55. The van der Waals surface area contributed by atoms with Gasteiger partial charge in [0.25, 0.3) is 0 Å². The molecule has 2 aromatic carbocycles. The van der Waals surface area contributed by atoms with E-state index in [2.05, 4.69) is 19.9 Å². The van der Waals surface area contributed by atoms with Gasteiger partial charge in [0.1, 0.15) is 11.6 Å². The van der Waals surface area contributed by atoms with Crippen LogP contribution in [0.3, 0.4) is 0 Å². The molecule has 0 bridgehead atoms. The Morgan fingerprint density at radius 3 is 2.61 bits per heavy atom. The van der Waals surface area contributed by atoms with Gasteiger partial charge < -0.3 is 19.2 Å². The van der Waals surface area contributed by atoms with Crippen LogP contribution in [0.15, 0.2) is 71.3 Å². The Bertz CT molecular complexity index is 1490. The number of benzene rings is 2. The van der Waals surface area contributed by atoms with Crippen LogP contribution in [0.25, 0.3) is 16.5 Å². The summed E-state index contributed by atoms with van der Waals surface area (Å²) in [6, 6.07) is 18.0. The maximum Gasteiger partial charge on any atom is 0.230 e. The summed E-state index contributed by atoms with van der Waals surface area (Å²) in [5.74, 6) is 1.53. The van der Waals surface area contributed by atoms with Crippen LogP contribution in [-0.4, -0.2) is 57.9 Å². The molecular weight excluding hydrogens is 481 g/mol. The summed E-state index contributed by atoms with van der Waals surface area (Å²) in [5.41, 5.74) is 1.60. The molecule has 184 valence electrons. The third-order valence-electron chi connectivity index (χ3n) is 6.47. The van der Waals surface area contributed by atoms with Crippen LogP contribution in [0.2, 0.25) is 0 Å². The molecule has 0 saturated carbocycles. The van der Waals surface area contributed by atoms with E-state index >= 15 is 0 Å². The van der Waals surface area contributed by atoms with E-state index in [1.807, 2.05) is 36.4 Å². The van der Waals surface area contributed by atoms with Gasteiger partial charge in [-0.3, -0.25) is 4.90 Å². The van der Waals surface area contributed by atoms with Crippen LogP contribution in [-0.2, 0) is 0 Å². The fourth-order valence-corrected chi connectivity index (χ4v) is 5.82. The highest BCUT2D eigenvalue weighted by atomic mass is 32.1. The van der Waals surface area contributed by atoms with Gasteiger partial charge in [0.2, 0.25) is 16.7 Å². The molecule has 0 aliphatic carbocycles. The minimum absolute atomic E-state index is 0.0460. The molecule has 5 aromatic rings. The first-order valence-electron chi connectivity index (χ1n) is 11.6. The van der Waals surface area contributed by atoms with Crippen LogP contribution in [0.5, 0.6) is 11.6 Å². The van der Waals surface area contributed by atoms with Crippen molar-refractivity contribution in [3.8, 4) is 23.2 Å². The van der Waals surface area contributed by atoms with E-state index in [0.717, 1.165) is 16.2 Å². The molecule has 0 radical (unpaired) electrons. The van der Waals surface area contributed by atoms with E-state index in [1.54, 1.807) is 31.6 Å². The molecule has 1 fully saturated rings. The Labute approximate surface area is 210 Å². The molecule has 1 saturated heterocycles. The van der Waals surface area contributed by atoms with Crippen molar-refractivity contribution < 1.29 is 18.7 Å². The summed E-state index contributed by atoms with van der Waals surface area (Å²) >= 11 is 1.39. The number of nitrogens with zero attached hydrogens (tertiary/aromatic N) is 5. The van der Waals surface area contributed by atoms with Crippen LogP contribution < -0.4 is 9.64 Å². The molecule has 4 heterocycles. The molecule has 1 atom stereocenters. The number of rotatable bonds is 6. The Hall–Kier alpha value is -3.89. The Morgan fingerprint density at radius 2 is 1.89 bits per heavy atom. The van der Waals surface area contributed by atoms with E-state index in [1.165, 1.54) is 21.9 Å². The maximum absolute atomic E-state index is 14.4. The lowest BCUT2D eigenvalue weighted by atomic mass is 10.0. The number of fused-ring (bicyclic) bond motifs is 1. The molecule has 0 amide bonds. The first kappa shape index (κ1) is 22.6. The zero-order valence-electron chi connectivity index (χ0n) is 19.5. The highest BCUT2D eigenvalue weighted by Crippen LogP contribution is 2.41. The maximum atomic E-state index is 14.4. The van der Waals surface area contributed by atoms with Gasteiger partial charge in [0.05, 0.1) is 30.0 Å². The molecule has 6 rings (SSSR count). The molecule has 0 unspecified atom stereocenters. The standard InChI is InChI=1S/C26H24FN5O3S/c1-34-18-7-4-6-17(16-18)22(31-13-11-30(12-14-31)20-9-3-2-8-19(20)27)23-25(33)32-26(36-23)28-24(29-32)21-10-5-15-35-21/h2-10,15-16,22,33H,11-14H2,1H3/t22-/m0/s1. The second-order valence-corrected chi connectivity index (χ2v) is 9.56. The van der Waals surface area contributed by atoms with E-state index in [4.69, 9.17) is 9.15 Å². The smallest absolute Gasteiger partial charge is 0.230 e. The fraction of sp³-hybridized carbons (Fsp3) is 0.231. The van der Waals surface area contributed by atoms with Gasteiger partial charge >= 0.3 is 0 Å². The average molecular weight is 506 g/mol. The number of methoxy groups -OCH3 is 1. The minimum atomic E-state index is -0.247. The van der Waals surface area contributed by atoms with Crippen molar-refractivity contribution in [2.45, 2.75) is 6.04 Å². The van der Waals surface area contributed by atoms with Crippen molar-refractivity contribution >= 4 is 22.0 Å². The van der Waals surface area contributed by atoms with E-state index < -0.39 is 0 Å². The molecule has 3 aromatic heterocycles. The summed E-state index contributed by atoms with van der Waals surface area (Å²) in [7, 11) is 1.64. The van der Waals surface area contributed by atoms with Crippen LogP contribution in [0.4, 0.5) is 10.1 Å². The SMILES string of the molecule is COc1cccc([C@@H](c2sc3nc(-c4ccco4)nn3c2O)N2CCN(c3ccccc3F)CC2)c1. The van der Waals surface area contributed by atoms with Gasteiger partial charge in [0.15, 0.2) is 5.76 Å². The molecule has 1 aliphatic heterocycles. The third kappa shape index (κ3) is 3.98. The Kier molecular flexibility index (Phi) is 5.82. The number of ether oxygens (including phenoxy) is 1. The van der Waals surface area contributed by atoms with Crippen molar-refractivity contribution in [2.75, 3.05) is 38.2 Å². The van der Waals surface area contributed by atoms with Crippen LogP contribution in [0, 0.1) is 5.82 Å². The summed E-state index contributed by atoms with van der Waals surface area (Å²) in [4.78, 5) is 10.3. The number of hydrogen-bond donors (Lipinski definition) is 1. The summed E-state index contributed by atoms with van der Waals surface area (Å²) < 4.78 is 26.7. The van der Waals surface area contributed by atoms with Crippen molar-refractivity contribution in [2.24, 2.45) is 0 Å². The number of halogens is 1. The Morgan fingerprint density at radius 1 is 1.06 bits per heavy atom. The lowest BCUT2D eigenvalue weighted by Gasteiger charge is -2.40. The molecule has 0 spiro atoms. The quantitative estimate of drug-likeness (QED) is 0.355. The Balaban J connectivity index is 1.35. The molecular formula is C26H24FN5O3S. The number of thiazole rings is 1. The predicted octanol–water partition coefficient (Wildman–Crippen LogP) is 4.82. The molecule has 8 nitrogen and oxygen atoms in total. The van der Waals surface area contributed by atoms with Gasteiger partial charge in [-0.15, -0.1) is 5.10 Å². The van der Waals surface area contributed by atoms with Gasteiger partial charge in [-0.05, 0) is 42.0 Å². The molecule has 36 heavy (non-hydrogen) atoms. The van der Waals surface area contributed by atoms with Crippen LogP contribution in [0.1, 0.15) is 16.5 Å². The second kappa shape index (κ2) is 9.29. The number of para-hydroxylation sites is 1. The van der Waals surface area contributed by atoms with E-state index in [-0.39, 0.29) is 17.7 Å². The predicted molar refractivity (Wildman–Crippen MR) is 135 cm³/mol. The minimum Gasteiger partial charge on any atom is -0.497 e. The van der Waals surface area contributed by atoms with E-state index in [9.17, 15) is 9.50 Å². The molecule has 10 heteroatoms. The van der Waals surface area contributed by atoms with Gasteiger partial charge in [-0.25, -0.2) is 4.39 Å². The number of aromatic hydroxyl groups is 1. The largest absolute Gasteiger partial charge is 0.497 e. The fourth-order valence-electron chi connectivity index (χ4n) is 4.71. The summed E-state index contributed by atoms with van der Waals surface area (Å²) in [6.07, 6.45) is 1.56. The molecule has 1 aliphatic rings. The van der Waals surface area contributed by atoms with Crippen molar-refractivity contribution in [1.82, 2.24) is 19.5 Å². The van der Waals surface area contributed by atoms with E-state index in [0.29, 0.717) is 48.4 Å². The highest BCUT2D eigenvalue weighted by Gasteiger charge is 2.32. The van der Waals surface area contributed by atoms with Crippen LogP contribution >= 0.6 is 11.3 Å². The first-order valence-corrected chi connectivity index (χ1v) is 12.4. The lowest BCUT2D eigenvalue weighted by Crippen LogP contribution is -2.48. The third-order valence-corrected chi connectivity index (χ3v) is 7.54. The number of aromatic nitrogens is 3. The zero-order valence-corrected chi connectivity index (χ0v) is 20.4. The number of furan rings is 1. The van der Waals surface area contributed by atoms with Gasteiger partial charge in [-0.2, -0.15) is 9.50 Å². The van der Waals surface area contributed by atoms with Gasteiger partial charge in [-0.1, -0.05) is 35.6 Å². The highest BCUT2D eigenvalue weighted by molar-refractivity contribution is 7.17. The zero-order chi connectivity index (χ0) is 24.6. The molecule has 1 N–H and O–H groups in total. The normalized spacial score (nSPS) is 15.4. The van der Waals surface area contributed by atoms with Gasteiger partial charge in [0, 0.05) is 26.2 Å². The first-order chi connectivity index (χ1) is 17.6.